The topological polar surface area (TPSA) is 58.1 Å². The molecule has 2 rings (SSSR count). The molecule has 6 heteroatoms. The Morgan fingerprint density at radius 3 is 2.38 bits per heavy atom. The Morgan fingerprint density at radius 2 is 1.86 bits per heavy atom. The van der Waals surface area contributed by atoms with Gasteiger partial charge in [-0.15, -0.1) is 0 Å². The highest BCUT2D eigenvalue weighted by molar-refractivity contribution is 7.09. The van der Waals surface area contributed by atoms with E-state index in [1.807, 2.05) is 27.8 Å². The second-order valence-electron chi connectivity index (χ2n) is 5.30. The van der Waals surface area contributed by atoms with Crippen LogP contribution >= 0.6 is 11.5 Å². The molecule has 0 saturated heterocycles. The minimum absolute atomic E-state index is 0.0552. The molecule has 1 aromatic carbocycles. The molecule has 0 aliphatic heterocycles. The first kappa shape index (κ1) is 15.4. The van der Waals surface area contributed by atoms with Gasteiger partial charge in [-0.1, -0.05) is 17.7 Å². The third-order valence-electron chi connectivity index (χ3n) is 3.17. The molecule has 0 bridgehead atoms. The summed E-state index contributed by atoms with van der Waals surface area (Å²) < 4.78 is 4.12. The third kappa shape index (κ3) is 3.78. The molecule has 0 saturated carbocycles. The number of amides is 1. The van der Waals surface area contributed by atoms with Crippen LogP contribution in [0.1, 0.15) is 22.5 Å². The van der Waals surface area contributed by atoms with Gasteiger partial charge >= 0.3 is 0 Å². The van der Waals surface area contributed by atoms with Crippen molar-refractivity contribution in [1.82, 2.24) is 9.36 Å². The fraction of sp³-hybridized carbons (Fsp3) is 0.400. The molecule has 0 radical (unpaired) electrons. The Hall–Kier alpha value is -1.95. The summed E-state index contributed by atoms with van der Waals surface area (Å²) in [4.78, 5) is 18.3. The van der Waals surface area contributed by atoms with Crippen molar-refractivity contribution in [3.63, 3.8) is 0 Å². The fourth-order valence-corrected chi connectivity index (χ4v) is 2.91. The van der Waals surface area contributed by atoms with Gasteiger partial charge in [0.05, 0.1) is 6.54 Å². The summed E-state index contributed by atoms with van der Waals surface area (Å²) in [7, 11) is 1.84. The zero-order chi connectivity index (χ0) is 15.6. The maximum Gasteiger partial charge on any atom is 0.243 e. The van der Waals surface area contributed by atoms with Crippen LogP contribution in [-0.4, -0.2) is 28.9 Å². The second-order valence-corrected chi connectivity index (χ2v) is 6.03. The number of rotatable bonds is 4. The van der Waals surface area contributed by atoms with Crippen LogP contribution in [0.5, 0.6) is 0 Å². The molecule has 2 aromatic rings. The highest BCUT2D eigenvalue weighted by Crippen LogP contribution is 2.22. The van der Waals surface area contributed by atoms with Crippen molar-refractivity contribution in [3.05, 3.63) is 34.6 Å². The van der Waals surface area contributed by atoms with E-state index in [9.17, 15) is 4.79 Å². The zero-order valence-electron chi connectivity index (χ0n) is 13.0. The van der Waals surface area contributed by atoms with Crippen LogP contribution in [0, 0.1) is 27.7 Å². The van der Waals surface area contributed by atoms with Crippen molar-refractivity contribution >= 4 is 28.3 Å². The first-order chi connectivity index (χ1) is 9.86. The van der Waals surface area contributed by atoms with Crippen LogP contribution in [-0.2, 0) is 4.79 Å². The Labute approximate surface area is 129 Å². The Balaban J connectivity index is 2.05. The number of likely N-dealkylation sites (N-methyl/N-ethyl adjacent to an activating group) is 1. The molecule has 0 spiro atoms. The average molecular weight is 304 g/mol. The summed E-state index contributed by atoms with van der Waals surface area (Å²) >= 11 is 1.30. The molecule has 5 nitrogen and oxygen atoms in total. The largest absolute Gasteiger partial charge is 0.341 e. The Bertz CT molecular complexity index is 642. The summed E-state index contributed by atoms with van der Waals surface area (Å²) in [5, 5.41) is 3.74. The minimum atomic E-state index is -0.0552. The number of carbonyl (C=O) groups is 1. The summed E-state index contributed by atoms with van der Waals surface area (Å²) in [6.07, 6.45) is 0. The normalized spacial score (nSPS) is 10.5. The molecular weight excluding hydrogens is 284 g/mol. The number of hydrogen-bond donors (Lipinski definition) is 1. The third-order valence-corrected chi connectivity index (χ3v) is 4.09. The van der Waals surface area contributed by atoms with Gasteiger partial charge in [0.25, 0.3) is 0 Å². The lowest BCUT2D eigenvalue weighted by Gasteiger charge is -2.17. The highest BCUT2D eigenvalue weighted by atomic mass is 32.1. The van der Waals surface area contributed by atoms with Gasteiger partial charge in [-0.25, -0.2) is 4.98 Å². The number of hydrogen-bond acceptors (Lipinski definition) is 5. The van der Waals surface area contributed by atoms with E-state index in [-0.39, 0.29) is 12.5 Å². The molecule has 112 valence electrons. The van der Waals surface area contributed by atoms with Crippen molar-refractivity contribution in [2.75, 3.05) is 23.8 Å². The van der Waals surface area contributed by atoms with Gasteiger partial charge < -0.3 is 10.2 Å². The molecule has 1 N–H and O–H groups in total. The number of nitrogens with zero attached hydrogens (tertiary/aromatic N) is 3. The van der Waals surface area contributed by atoms with E-state index in [0.717, 1.165) is 27.8 Å². The van der Waals surface area contributed by atoms with E-state index in [0.29, 0.717) is 0 Å². The quantitative estimate of drug-likeness (QED) is 0.943. The van der Waals surface area contributed by atoms with Gasteiger partial charge in [0, 0.05) is 24.3 Å². The lowest BCUT2D eigenvalue weighted by molar-refractivity contribution is -0.114. The number of aryl methyl sites for hydroxylation is 4. The van der Waals surface area contributed by atoms with E-state index in [1.54, 1.807) is 4.90 Å². The predicted octanol–water partition coefficient (Wildman–Crippen LogP) is 2.85. The molecule has 1 amide bonds. The fourth-order valence-electron chi connectivity index (χ4n) is 2.28. The van der Waals surface area contributed by atoms with Gasteiger partial charge in [-0.2, -0.15) is 4.37 Å². The smallest absolute Gasteiger partial charge is 0.243 e. The number of aromatic nitrogens is 2. The van der Waals surface area contributed by atoms with E-state index in [2.05, 4.69) is 33.7 Å². The minimum Gasteiger partial charge on any atom is -0.341 e. The van der Waals surface area contributed by atoms with Gasteiger partial charge in [0.15, 0.2) is 0 Å². The molecule has 0 atom stereocenters. The standard InChI is InChI=1S/C15H20N4OS/c1-9-6-10(2)14(11(3)7-9)17-13(20)8-19(5)15-16-12(4)18-21-15/h6-7H,8H2,1-5H3,(H,17,20). The molecule has 0 unspecified atom stereocenters. The lowest BCUT2D eigenvalue weighted by atomic mass is 10.1. The number of anilines is 2. The SMILES string of the molecule is Cc1cc(C)c(NC(=O)CN(C)c2nc(C)ns2)c(C)c1. The summed E-state index contributed by atoms with van der Waals surface area (Å²) in [6, 6.07) is 4.14. The number of nitrogens with one attached hydrogen (secondary N) is 1. The average Bonchev–Trinajstić information content (AvgIpc) is 2.80. The summed E-state index contributed by atoms with van der Waals surface area (Å²) in [6.45, 7) is 8.16. The van der Waals surface area contributed by atoms with E-state index < -0.39 is 0 Å². The number of benzene rings is 1. The predicted molar refractivity (Wildman–Crippen MR) is 87.2 cm³/mol. The van der Waals surface area contributed by atoms with Crippen LogP contribution in [0.4, 0.5) is 10.8 Å². The molecule has 0 aliphatic rings. The van der Waals surface area contributed by atoms with Gasteiger partial charge in [-0.3, -0.25) is 4.79 Å². The van der Waals surface area contributed by atoms with Crippen molar-refractivity contribution < 1.29 is 4.79 Å². The van der Waals surface area contributed by atoms with Crippen molar-refractivity contribution in [1.29, 1.82) is 0 Å². The zero-order valence-corrected chi connectivity index (χ0v) is 13.8. The monoisotopic (exact) mass is 304 g/mol. The molecule has 0 fully saturated rings. The van der Waals surface area contributed by atoms with Crippen molar-refractivity contribution in [2.24, 2.45) is 0 Å². The maximum atomic E-state index is 12.2. The van der Waals surface area contributed by atoms with E-state index in [1.165, 1.54) is 17.1 Å². The van der Waals surface area contributed by atoms with Crippen LogP contribution in [0.25, 0.3) is 0 Å². The molecule has 0 aliphatic carbocycles. The Morgan fingerprint density at radius 1 is 1.24 bits per heavy atom. The summed E-state index contributed by atoms with van der Waals surface area (Å²) in [5.41, 5.74) is 4.25. The van der Waals surface area contributed by atoms with Crippen LogP contribution in [0.2, 0.25) is 0 Å². The van der Waals surface area contributed by atoms with Crippen LogP contribution in [0.3, 0.4) is 0 Å². The summed E-state index contributed by atoms with van der Waals surface area (Å²) in [5.74, 6) is 0.674. The highest BCUT2D eigenvalue weighted by Gasteiger charge is 2.13. The molecule has 1 aromatic heterocycles. The van der Waals surface area contributed by atoms with Crippen LogP contribution < -0.4 is 10.2 Å². The molecule has 21 heavy (non-hydrogen) atoms. The van der Waals surface area contributed by atoms with Crippen molar-refractivity contribution in [2.45, 2.75) is 27.7 Å². The number of carbonyl (C=O) groups excluding carboxylic acids is 1. The van der Waals surface area contributed by atoms with Gasteiger partial charge in [-0.05, 0) is 38.8 Å². The van der Waals surface area contributed by atoms with E-state index in [4.69, 9.17) is 0 Å². The first-order valence-electron chi connectivity index (χ1n) is 6.76. The first-order valence-corrected chi connectivity index (χ1v) is 7.53. The Kier molecular flexibility index (Phi) is 4.57. The maximum absolute atomic E-state index is 12.2. The van der Waals surface area contributed by atoms with Gasteiger partial charge in [0.1, 0.15) is 5.82 Å². The van der Waals surface area contributed by atoms with E-state index >= 15 is 0 Å². The van der Waals surface area contributed by atoms with Crippen LogP contribution in [0.15, 0.2) is 12.1 Å². The lowest BCUT2D eigenvalue weighted by Crippen LogP contribution is -2.30. The molecule has 1 heterocycles. The molecular formula is C15H20N4OS. The van der Waals surface area contributed by atoms with Gasteiger partial charge in [0.2, 0.25) is 11.0 Å². The second kappa shape index (κ2) is 6.22. The van der Waals surface area contributed by atoms with Crippen molar-refractivity contribution in [3.8, 4) is 0 Å².